The minimum absolute atomic E-state index is 0.243. The van der Waals surface area contributed by atoms with E-state index in [1.807, 2.05) is 0 Å². The maximum atomic E-state index is 12.1. The Morgan fingerprint density at radius 3 is 2.29 bits per heavy atom. The lowest BCUT2D eigenvalue weighted by Crippen LogP contribution is -2.08. The van der Waals surface area contributed by atoms with E-state index >= 15 is 0 Å². The lowest BCUT2D eigenvalue weighted by atomic mass is 10.2. The van der Waals surface area contributed by atoms with E-state index < -0.39 is 28.9 Å². The molecule has 0 atom stereocenters. The zero-order valence-electron chi connectivity index (χ0n) is 6.45. The lowest BCUT2D eigenvalue weighted by molar-refractivity contribution is -0.141. The predicted octanol–water partition coefficient (Wildman–Crippen LogP) is 3.69. The molecule has 1 nitrogen and oxygen atoms in total. The van der Waals surface area contributed by atoms with E-state index in [2.05, 4.69) is 4.98 Å². The summed E-state index contributed by atoms with van der Waals surface area (Å²) in [6, 6.07) is 0.243. The van der Waals surface area contributed by atoms with Crippen LogP contribution in [0.3, 0.4) is 0 Å². The highest BCUT2D eigenvalue weighted by Crippen LogP contribution is 2.33. The summed E-state index contributed by atoms with van der Waals surface area (Å²) in [6.45, 7) is 0. The van der Waals surface area contributed by atoms with Crippen molar-refractivity contribution in [2.75, 3.05) is 0 Å². The van der Waals surface area contributed by atoms with Gasteiger partial charge in [0.1, 0.15) is 5.69 Å². The molecule has 7 heteroatoms. The van der Waals surface area contributed by atoms with Crippen LogP contribution in [0, 0.1) is 0 Å². The van der Waals surface area contributed by atoms with Gasteiger partial charge in [0, 0.05) is 11.8 Å². The van der Waals surface area contributed by atoms with Crippen LogP contribution in [0.5, 0.6) is 0 Å². The molecule has 0 aliphatic rings. The molecule has 14 heavy (non-hydrogen) atoms. The fourth-order valence-electron chi connectivity index (χ4n) is 0.777. The molecule has 0 aromatic carbocycles. The zero-order valence-corrected chi connectivity index (χ0v) is 7.20. The molecule has 78 valence electrons. The Bertz CT molecular complexity index is 335. The molecule has 0 radical (unpaired) electrons. The van der Waals surface area contributed by atoms with Gasteiger partial charge in [0.15, 0.2) is 0 Å². The fraction of sp³-hybridized carbons (Fsp3) is 0.286. The van der Waals surface area contributed by atoms with Gasteiger partial charge in [0.2, 0.25) is 0 Å². The summed E-state index contributed by atoms with van der Waals surface area (Å²) in [5.74, 6) is 0. The number of pyridine rings is 1. The summed E-state index contributed by atoms with van der Waals surface area (Å²) in [6.07, 6.45) is -7.23. The molecule has 1 heterocycles. The Morgan fingerprint density at radius 1 is 1.29 bits per heavy atom. The van der Waals surface area contributed by atoms with Crippen LogP contribution in [0.1, 0.15) is 17.7 Å². The third kappa shape index (κ3) is 2.31. The summed E-state index contributed by atoms with van der Waals surface area (Å²) in [4.78, 5) is 2.90. The Labute approximate surface area is 80.5 Å². The van der Waals surface area contributed by atoms with E-state index in [4.69, 9.17) is 11.6 Å². The van der Waals surface area contributed by atoms with E-state index in [-0.39, 0.29) is 6.07 Å². The highest BCUT2D eigenvalue weighted by Gasteiger charge is 2.33. The van der Waals surface area contributed by atoms with Gasteiger partial charge in [-0.1, -0.05) is 11.6 Å². The van der Waals surface area contributed by atoms with E-state index in [0.717, 1.165) is 0 Å². The Morgan fingerprint density at radius 2 is 1.86 bits per heavy atom. The number of alkyl halides is 5. The Hall–Kier alpha value is -0.910. The molecule has 0 aliphatic heterocycles. The molecule has 1 aromatic heterocycles. The monoisotopic (exact) mass is 231 g/mol. The molecule has 0 saturated heterocycles. The number of aromatic nitrogens is 1. The summed E-state index contributed by atoms with van der Waals surface area (Å²) in [5, 5.41) is -0.479. The molecule has 1 aromatic rings. The van der Waals surface area contributed by atoms with Gasteiger partial charge < -0.3 is 0 Å². The predicted molar refractivity (Wildman–Crippen MR) is 39.2 cm³/mol. The molecule has 0 spiro atoms. The molecule has 0 fully saturated rings. The van der Waals surface area contributed by atoms with Gasteiger partial charge in [-0.05, 0) is 6.07 Å². The summed E-state index contributed by atoms with van der Waals surface area (Å²) in [5.41, 5.74) is -2.24. The Balaban J connectivity index is 3.20. The van der Waals surface area contributed by atoms with Crippen LogP contribution in [0.2, 0.25) is 5.02 Å². The molecule has 0 bridgehead atoms. The minimum Gasteiger partial charge on any atom is -0.250 e. The highest BCUT2D eigenvalue weighted by molar-refractivity contribution is 6.31. The van der Waals surface area contributed by atoms with Crippen molar-refractivity contribution in [2.45, 2.75) is 12.6 Å². The van der Waals surface area contributed by atoms with E-state index in [9.17, 15) is 22.0 Å². The number of nitrogens with zero attached hydrogens (tertiary/aromatic N) is 1. The van der Waals surface area contributed by atoms with Gasteiger partial charge in [-0.3, -0.25) is 4.98 Å². The second-order valence-corrected chi connectivity index (χ2v) is 2.80. The highest BCUT2D eigenvalue weighted by atomic mass is 35.5. The van der Waals surface area contributed by atoms with Crippen LogP contribution < -0.4 is 0 Å². The van der Waals surface area contributed by atoms with Gasteiger partial charge >= 0.3 is 6.18 Å². The average molecular weight is 232 g/mol. The number of halogens is 6. The van der Waals surface area contributed by atoms with Gasteiger partial charge in [0.25, 0.3) is 6.43 Å². The largest absolute Gasteiger partial charge is 0.433 e. The molecule has 0 saturated carbocycles. The second-order valence-electron chi connectivity index (χ2n) is 2.39. The molecular formula is C7H3ClF5N. The van der Waals surface area contributed by atoms with Crippen LogP contribution in [-0.4, -0.2) is 4.98 Å². The second kappa shape index (κ2) is 3.68. The van der Waals surface area contributed by atoms with Crippen molar-refractivity contribution in [3.8, 4) is 0 Å². The zero-order chi connectivity index (χ0) is 10.9. The average Bonchev–Trinajstić information content (AvgIpc) is 2.02. The molecule has 0 aliphatic carbocycles. The molecule has 0 unspecified atom stereocenters. The Kier molecular flexibility index (Phi) is 2.94. The fourth-order valence-corrected chi connectivity index (χ4v) is 0.962. The van der Waals surface area contributed by atoms with Crippen LogP contribution in [-0.2, 0) is 6.18 Å². The van der Waals surface area contributed by atoms with E-state index in [1.165, 1.54) is 0 Å². The third-order valence-corrected chi connectivity index (χ3v) is 1.73. The van der Waals surface area contributed by atoms with Crippen molar-refractivity contribution in [1.82, 2.24) is 4.98 Å². The first-order valence-electron chi connectivity index (χ1n) is 3.33. The molecule has 0 amide bonds. The molecule has 1 rings (SSSR count). The van der Waals surface area contributed by atoms with Crippen LogP contribution in [0.15, 0.2) is 12.3 Å². The summed E-state index contributed by atoms with van der Waals surface area (Å²) < 4.78 is 60.3. The first-order chi connectivity index (χ1) is 6.32. The summed E-state index contributed by atoms with van der Waals surface area (Å²) in [7, 11) is 0. The van der Waals surface area contributed by atoms with Crippen molar-refractivity contribution in [3.05, 3.63) is 28.5 Å². The maximum Gasteiger partial charge on any atom is 0.433 e. The minimum atomic E-state index is -4.74. The number of rotatable bonds is 1. The van der Waals surface area contributed by atoms with Crippen LogP contribution in [0.4, 0.5) is 22.0 Å². The summed E-state index contributed by atoms with van der Waals surface area (Å²) >= 11 is 5.23. The number of hydrogen-bond acceptors (Lipinski definition) is 1. The van der Waals surface area contributed by atoms with Crippen molar-refractivity contribution in [1.29, 1.82) is 0 Å². The molecular weight excluding hydrogens is 229 g/mol. The van der Waals surface area contributed by atoms with Crippen LogP contribution >= 0.6 is 11.6 Å². The van der Waals surface area contributed by atoms with E-state index in [1.54, 1.807) is 0 Å². The molecule has 0 N–H and O–H groups in total. The van der Waals surface area contributed by atoms with E-state index in [0.29, 0.717) is 6.20 Å². The maximum absolute atomic E-state index is 12.1. The lowest BCUT2D eigenvalue weighted by Gasteiger charge is -2.08. The topological polar surface area (TPSA) is 12.9 Å². The van der Waals surface area contributed by atoms with Gasteiger partial charge in [-0.25, -0.2) is 8.78 Å². The number of hydrogen-bond donors (Lipinski definition) is 0. The SMILES string of the molecule is FC(F)c1cc(C(F)(F)F)ncc1Cl. The van der Waals surface area contributed by atoms with Crippen molar-refractivity contribution >= 4 is 11.6 Å². The van der Waals surface area contributed by atoms with Crippen molar-refractivity contribution in [3.63, 3.8) is 0 Å². The normalized spacial score (nSPS) is 12.2. The standard InChI is InChI=1S/C7H3ClF5N/c8-4-2-14-5(7(11,12)13)1-3(4)6(9)10/h1-2,6H. The quantitative estimate of drug-likeness (QED) is 0.672. The first kappa shape index (κ1) is 11.2. The van der Waals surface area contributed by atoms with Crippen molar-refractivity contribution < 1.29 is 22.0 Å². The van der Waals surface area contributed by atoms with Gasteiger partial charge in [-0.2, -0.15) is 13.2 Å². The van der Waals surface area contributed by atoms with Gasteiger partial charge in [0.05, 0.1) is 5.02 Å². The van der Waals surface area contributed by atoms with Gasteiger partial charge in [-0.15, -0.1) is 0 Å². The van der Waals surface area contributed by atoms with Crippen molar-refractivity contribution in [2.24, 2.45) is 0 Å². The smallest absolute Gasteiger partial charge is 0.250 e. The van der Waals surface area contributed by atoms with Crippen LogP contribution in [0.25, 0.3) is 0 Å². The third-order valence-electron chi connectivity index (χ3n) is 1.41. The first-order valence-corrected chi connectivity index (χ1v) is 3.71.